The van der Waals surface area contributed by atoms with E-state index in [9.17, 15) is 0 Å². The molecule has 1 aliphatic rings. The van der Waals surface area contributed by atoms with Gasteiger partial charge in [0.05, 0.1) is 6.61 Å². The highest BCUT2D eigenvalue weighted by molar-refractivity contribution is 5.32. The van der Waals surface area contributed by atoms with E-state index < -0.39 is 0 Å². The minimum atomic E-state index is -0.0141. The summed E-state index contributed by atoms with van der Waals surface area (Å²) >= 11 is 0. The maximum atomic E-state index is 5.78. The Morgan fingerprint density at radius 1 is 1.56 bits per heavy atom. The predicted octanol–water partition coefficient (Wildman–Crippen LogP) is 1.69. The first-order valence-corrected chi connectivity index (χ1v) is 6.63. The monoisotopic (exact) mass is 250 g/mol. The van der Waals surface area contributed by atoms with E-state index in [0.717, 1.165) is 37.9 Å². The second-order valence-corrected chi connectivity index (χ2v) is 4.78. The quantitative estimate of drug-likeness (QED) is 0.881. The molecule has 1 aromatic rings. The smallest absolute Gasteiger partial charge is 0.160 e. The average Bonchev–Trinajstić information content (AvgIpc) is 2.39. The molecule has 1 atom stereocenters. The molecule has 1 aliphatic heterocycles. The lowest BCUT2D eigenvalue weighted by Crippen LogP contribution is -2.42. The fraction of sp³-hybridized carbons (Fsp3) is 0.692. The van der Waals surface area contributed by atoms with E-state index in [2.05, 4.69) is 41.0 Å². The molecule has 1 saturated heterocycles. The Balaban J connectivity index is 2.08. The zero-order chi connectivity index (χ0) is 13.0. The van der Waals surface area contributed by atoms with Crippen molar-refractivity contribution in [1.82, 2.24) is 14.9 Å². The van der Waals surface area contributed by atoms with E-state index in [1.807, 2.05) is 6.07 Å². The number of hydrogen-bond donors (Lipinski definition) is 1. The summed E-state index contributed by atoms with van der Waals surface area (Å²) in [5.41, 5.74) is 0. The Morgan fingerprint density at radius 3 is 3.11 bits per heavy atom. The van der Waals surface area contributed by atoms with Crippen LogP contribution >= 0.6 is 0 Å². The number of aromatic nitrogens is 2. The second-order valence-electron chi connectivity index (χ2n) is 4.78. The lowest BCUT2D eigenvalue weighted by atomic mass is 10.2. The van der Waals surface area contributed by atoms with Crippen LogP contribution in [0.25, 0.3) is 0 Å². The molecular formula is C13H22N4O. The Bertz CT molecular complexity index is 383. The van der Waals surface area contributed by atoms with Crippen molar-refractivity contribution < 1.29 is 4.74 Å². The van der Waals surface area contributed by atoms with Gasteiger partial charge in [-0.3, -0.25) is 4.90 Å². The zero-order valence-electron chi connectivity index (χ0n) is 11.4. The van der Waals surface area contributed by atoms with Crippen molar-refractivity contribution in [3.63, 3.8) is 0 Å². The minimum absolute atomic E-state index is 0.0141. The van der Waals surface area contributed by atoms with Crippen LogP contribution in [0.5, 0.6) is 0 Å². The zero-order valence-corrected chi connectivity index (χ0v) is 11.4. The normalized spacial score (nSPS) is 21.2. The number of morpholine rings is 1. The topological polar surface area (TPSA) is 50.3 Å². The summed E-state index contributed by atoms with van der Waals surface area (Å²) in [4.78, 5) is 11.2. The van der Waals surface area contributed by atoms with E-state index in [4.69, 9.17) is 4.74 Å². The van der Waals surface area contributed by atoms with Crippen molar-refractivity contribution in [3.05, 3.63) is 18.1 Å². The molecule has 2 heterocycles. The lowest BCUT2D eigenvalue weighted by Gasteiger charge is -2.34. The van der Waals surface area contributed by atoms with E-state index >= 15 is 0 Å². The molecule has 1 fully saturated rings. The first-order chi connectivity index (χ1) is 8.70. The number of nitrogens with zero attached hydrogens (tertiary/aromatic N) is 3. The number of hydrogen-bond acceptors (Lipinski definition) is 5. The van der Waals surface area contributed by atoms with Crippen molar-refractivity contribution in [1.29, 1.82) is 0 Å². The molecule has 2 rings (SSSR count). The number of ether oxygens (including phenoxy) is 1. The maximum Gasteiger partial charge on any atom is 0.160 e. The highest BCUT2D eigenvalue weighted by Crippen LogP contribution is 2.21. The standard InChI is InChI=1S/C13H22N4O/c1-4-14-12-5-6-15-13(16-12)11-9-17(10(2)3)7-8-18-11/h5-6,10-11H,4,7-9H2,1-3H3,(H,14,15,16). The number of anilines is 1. The summed E-state index contributed by atoms with van der Waals surface area (Å²) in [5.74, 6) is 1.64. The van der Waals surface area contributed by atoms with Gasteiger partial charge >= 0.3 is 0 Å². The molecule has 1 unspecified atom stereocenters. The van der Waals surface area contributed by atoms with Crippen LogP contribution in [0, 0.1) is 0 Å². The molecule has 0 amide bonds. The molecule has 18 heavy (non-hydrogen) atoms. The number of nitrogens with one attached hydrogen (secondary N) is 1. The minimum Gasteiger partial charge on any atom is -0.370 e. The van der Waals surface area contributed by atoms with Crippen molar-refractivity contribution in [2.45, 2.75) is 32.9 Å². The third-order valence-corrected chi connectivity index (χ3v) is 3.15. The summed E-state index contributed by atoms with van der Waals surface area (Å²) in [5, 5.41) is 3.20. The van der Waals surface area contributed by atoms with Gasteiger partial charge in [0.1, 0.15) is 11.9 Å². The molecule has 1 N–H and O–H groups in total. The first-order valence-electron chi connectivity index (χ1n) is 6.63. The molecule has 5 nitrogen and oxygen atoms in total. The van der Waals surface area contributed by atoms with Gasteiger partial charge in [0.15, 0.2) is 5.82 Å². The van der Waals surface area contributed by atoms with Gasteiger partial charge in [0.25, 0.3) is 0 Å². The van der Waals surface area contributed by atoms with E-state index in [0.29, 0.717) is 6.04 Å². The van der Waals surface area contributed by atoms with E-state index in [-0.39, 0.29) is 6.10 Å². The Morgan fingerprint density at radius 2 is 2.39 bits per heavy atom. The van der Waals surface area contributed by atoms with Crippen molar-refractivity contribution in [2.75, 3.05) is 31.6 Å². The van der Waals surface area contributed by atoms with Crippen LogP contribution in [0.2, 0.25) is 0 Å². The van der Waals surface area contributed by atoms with Gasteiger partial charge in [0.2, 0.25) is 0 Å². The largest absolute Gasteiger partial charge is 0.370 e. The third-order valence-electron chi connectivity index (χ3n) is 3.15. The van der Waals surface area contributed by atoms with Crippen molar-refractivity contribution in [2.24, 2.45) is 0 Å². The summed E-state index contributed by atoms with van der Waals surface area (Å²) in [6.07, 6.45) is 1.78. The summed E-state index contributed by atoms with van der Waals surface area (Å²) < 4.78 is 5.78. The lowest BCUT2D eigenvalue weighted by molar-refractivity contribution is -0.0442. The molecule has 0 aromatic carbocycles. The molecule has 100 valence electrons. The van der Waals surface area contributed by atoms with E-state index in [1.165, 1.54) is 0 Å². The Labute approximate surface area is 109 Å². The molecular weight excluding hydrogens is 228 g/mol. The molecule has 0 bridgehead atoms. The molecule has 0 saturated carbocycles. The summed E-state index contributed by atoms with van der Waals surface area (Å²) in [6, 6.07) is 2.42. The van der Waals surface area contributed by atoms with Gasteiger partial charge < -0.3 is 10.1 Å². The summed E-state index contributed by atoms with van der Waals surface area (Å²) in [6.45, 7) is 9.93. The van der Waals surface area contributed by atoms with Crippen molar-refractivity contribution >= 4 is 5.82 Å². The fourth-order valence-electron chi connectivity index (χ4n) is 2.10. The molecule has 1 aromatic heterocycles. The molecule has 0 aliphatic carbocycles. The van der Waals surface area contributed by atoms with Crippen molar-refractivity contribution in [3.8, 4) is 0 Å². The van der Waals surface area contributed by atoms with Crippen LogP contribution in [-0.2, 0) is 4.74 Å². The SMILES string of the molecule is CCNc1ccnc(C2CN(C(C)C)CCO2)n1. The highest BCUT2D eigenvalue weighted by Gasteiger charge is 2.25. The van der Waals surface area contributed by atoms with Gasteiger partial charge in [-0.2, -0.15) is 0 Å². The van der Waals surface area contributed by atoms with Crippen LogP contribution in [0.3, 0.4) is 0 Å². The maximum absolute atomic E-state index is 5.78. The van der Waals surface area contributed by atoms with Crippen LogP contribution < -0.4 is 5.32 Å². The Hall–Kier alpha value is -1.20. The number of rotatable bonds is 4. The van der Waals surface area contributed by atoms with Crippen LogP contribution in [0.15, 0.2) is 12.3 Å². The van der Waals surface area contributed by atoms with Crippen LogP contribution in [0.1, 0.15) is 32.7 Å². The molecule has 0 radical (unpaired) electrons. The summed E-state index contributed by atoms with van der Waals surface area (Å²) in [7, 11) is 0. The third kappa shape index (κ3) is 3.17. The van der Waals surface area contributed by atoms with E-state index in [1.54, 1.807) is 6.20 Å². The first kappa shape index (κ1) is 13.2. The van der Waals surface area contributed by atoms with Gasteiger partial charge in [-0.05, 0) is 26.8 Å². The molecule has 0 spiro atoms. The average molecular weight is 250 g/mol. The van der Waals surface area contributed by atoms with Crippen LogP contribution in [0.4, 0.5) is 5.82 Å². The van der Waals surface area contributed by atoms with Crippen LogP contribution in [-0.4, -0.2) is 47.2 Å². The highest BCUT2D eigenvalue weighted by atomic mass is 16.5. The second kappa shape index (κ2) is 6.11. The van der Waals surface area contributed by atoms with Gasteiger partial charge in [-0.1, -0.05) is 0 Å². The predicted molar refractivity (Wildman–Crippen MR) is 71.6 cm³/mol. The van der Waals surface area contributed by atoms with Gasteiger partial charge in [0, 0.05) is 31.9 Å². The fourth-order valence-corrected chi connectivity index (χ4v) is 2.10. The Kier molecular flexibility index (Phi) is 4.49. The van der Waals surface area contributed by atoms with Gasteiger partial charge in [-0.25, -0.2) is 9.97 Å². The molecule has 5 heteroatoms. The van der Waals surface area contributed by atoms with Gasteiger partial charge in [-0.15, -0.1) is 0 Å².